The Balaban J connectivity index is 1.52. The summed E-state index contributed by atoms with van der Waals surface area (Å²) in [5, 5.41) is 40.0. The maximum Gasteiger partial charge on any atom is 0.230 e. The number of aliphatic hydroxyl groups is 3. The number of fused-ring (bicyclic) bond motifs is 1. The first-order chi connectivity index (χ1) is 14.0. The van der Waals surface area contributed by atoms with Crippen molar-refractivity contribution in [3.63, 3.8) is 0 Å². The van der Waals surface area contributed by atoms with Crippen LogP contribution in [0.4, 0.5) is 5.82 Å². The number of hydrogen-bond acceptors (Lipinski definition) is 10. The highest BCUT2D eigenvalue weighted by Crippen LogP contribution is 2.37. The van der Waals surface area contributed by atoms with Gasteiger partial charge in [-0.05, 0) is 0 Å². The lowest BCUT2D eigenvalue weighted by Gasteiger charge is -2.16. The molecule has 152 valence electrons. The molecule has 4 heterocycles. The Bertz CT molecular complexity index is 994. The average molecular weight is 401 g/mol. The number of terminal acetylenes is 1. The summed E-state index contributed by atoms with van der Waals surface area (Å²) in [5.74, 6) is 2.33. The van der Waals surface area contributed by atoms with Gasteiger partial charge >= 0.3 is 0 Å². The normalized spacial score (nSPS) is 27.1. The molecule has 12 nitrogen and oxygen atoms in total. The molecule has 0 saturated carbocycles. The van der Waals surface area contributed by atoms with Crippen LogP contribution in [0.3, 0.4) is 0 Å². The zero-order valence-electron chi connectivity index (χ0n) is 15.2. The average Bonchev–Trinajstić information content (AvgIpc) is 3.23. The molecule has 2 aliphatic rings. The quantitative estimate of drug-likeness (QED) is 0.444. The van der Waals surface area contributed by atoms with Gasteiger partial charge in [0.15, 0.2) is 23.2 Å². The summed E-state index contributed by atoms with van der Waals surface area (Å²) in [7, 11) is 0. The second-order valence-electron chi connectivity index (χ2n) is 6.89. The van der Waals surface area contributed by atoms with Crippen LogP contribution in [0.2, 0.25) is 0 Å². The number of carbonyl (C=O) groups excluding carboxylic acids is 1. The molecule has 1 fully saturated rings. The molecule has 2 aliphatic heterocycles. The lowest BCUT2D eigenvalue weighted by Crippen LogP contribution is -2.33. The van der Waals surface area contributed by atoms with Crippen molar-refractivity contribution in [3.05, 3.63) is 12.7 Å². The molecule has 0 radical (unpaired) electrons. The molecule has 0 bridgehead atoms. The maximum absolute atomic E-state index is 12.4. The first-order valence-electron chi connectivity index (χ1n) is 8.95. The van der Waals surface area contributed by atoms with Crippen LogP contribution in [0, 0.1) is 12.3 Å². The van der Waals surface area contributed by atoms with E-state index in [0.29, 0.717) is 12.8 Å². The molecule has 29 heavy (non-hydrogen) atoms. The second kappa shape index (κ2) is 7.45. The summed E-state index contributed by atoms with van der Waals surface area (Å²) in [5.41, 5.74) is -0.201. The van der Waals surface area contributed by atoms with Crippen LogP contribution in [-0.4, -0.2) is 71.3 Å². The minimum atomic E-state index is -1.29. The highest BCUT2D eigenvalue weighted by atomic mass is 16.6. The standard InChI is InChI=1S/C17H19N7O5/c1-2-3-4-17(22-23-17)5-10(26)21-14-11-15(19-7-18-14)24(8-20-11)16-13(28)12(27)9(6-25)29-16/h1,7-9,12-13,16,25,27-28H,3-6H2,(H,18,19,21,26)/t9-,12-,13-,16-/m1/s1. The van der Waals surface area contributed by atoms with Gasteiger partial charge in [-0.1, -0.05) is 0 Å². The number of ether oxygens (including phenoxy) is 1. The molecule has 1 saturated heterocycles. The van der Waals surface area contributed by atoms with Gasteiger partial charge in [0.05, 0.1) is 19.4 Å². The van der Waals surface area contributed by atoms with Gasteiger partial charge in [0.2, 0.25) is 11.6 Å². The topological polar surface area (TPSA) is 167 Å². The first-order valence-corrected chi connectivity index (χ1v) is 8.95. The molecule has 4 rings (SSSR count). The third kappa shape index (κ3) is 3.56. The number of anilines is 1. The third-order valence-electron chi connectivity index (χ3n) is 4.90. The van der Waals surface area contributed by atoms with E-state index in [1.165, 1.54) is 17.2 Å². The minimum Gasteiger partial charge on any atom is -0.394 e. The summed E-state index contributed by atoms with van der Waals surface area (Å²) < 4.78 is 6.92. The molecule has 0 spiro atoms. The van der Waals surface area contributed by atoms with Crippen LogP contribution >= 0.6 is 0 Å². The largest absolute Gasteiger partial charge is 0.394 e. The van der Waals surface area contributed by atoms with E-state index in [9.17, 15) is 20.1 Å². The van der Waals surface area contributed by atoms with Gasteiger partial charge in [-0.15, -0.1) is 12.3 Å². The highest BCUT2D eigenvalue weighted by Gasteiger charge is 2.44. The monoisotopic (exact) mass is 401 g/mol. The van der Waals surface area contributed by atoms with Crippen molar-refractivity contribution in [2.45, 2.75) is 49.5 Å². The van der Waals surface area contributed by atoms with E-state index in [-0.39, 0.29) is 29.3 Å². The lowest BCUT2D eigenvalue weighted by atomic mass is 10.0. The number of carbonyl (C=O) groups is 1. The van der Waals surface area contributed by atoms with Crippen molar-refractivity contribution in [2.75, 3.05) is 11.9 Å². The van der Waals surface area contributed by atoms with E-state index in [4.69, 9.17) is 11.2 Å². The summed E-state index contributed by atoms with van der Waals surface area (Å²) in [6.45, 7) is -0.449. The van der Waals surface area contributed by atoms with Crippen molar-refractivity contribution in [1.82, 2.24) is 19.5 Å². The zero-order valence-corrected chi connectivity index (χ0v) is 15.2. The van der Waals surface area contributed by atoms with Crippen LogP contribution in [0.1, 0.15) is 25.5 Å². The Hall–Kier alpha value is -2.98. The summed E-state index contributed by atoms with van der Waals surface area (Å²) in [6, 6.07) is 0. The fourth-order valence-corrected chi connectivity index (χ4v) is 3.28. The molecular formula is C17H19N7O5. The lowest BCUT2D eigenvalue weighted by molar-refractivity contribution is -0.116. The number of imidazole rings is 1. The van der Waals surface area contributed by atoms with Gasteiger partial charge in [-0.25, -0.2) is 15.0 Å². The van der Waals surface area contributed by atoms with Crippen molar-refractivity contribution >= 4 is 22.9 Å². The molecule has 12 heteroatoms. The van der Waals surface area contributed by atoms with Crippen molar-refractivity contribution in [2.24, 2.45) is 10.2 Å². The van der Waals surface area contributed by atoms with E-state index in [2.05, 4.69) is 36.4 Å². The number of nitrogens with zero attached hydrogens (tertiary/aromatic N) is 6. The number of aromatic nitrogens is 4. The Kier molecular flexibility index (Phi) is 4.97. The molecule has 0 aliphatic carbocycles. The van der Waals surface area contributed by atoms with Crippen molar-refractivity contribution < 1.29 is 24.9 Å². The fraction of sp³-hybridized carbons (Fsp3) is 0.529. The smallest absolute Gasteiger partial charge is 0.230 e. The van der Waals surface area contributed by atoms with Crippen molar-refractivity contribution in [1.29, 1.82) is 0 Å². The number of hydrogen-bond donors (Lipinski definition) is 4. The summed E-state index contributed by atoms with van der Waals surface area (Å²) in [4.78, 5) is 24.8. The zero-order chi connectivity index (χ0) is 20.6. The van der Waals surface area contributed by atoms with E-state index >= 15 is 0 Å². The second-order valence-corrected chi connectivity index (χ2v) is 6.89. The molecule has 1 amide bonds. The van der Waals surface area contributed by atoms with Gasteiger partial charge in [-0.2, -0.15) is 10.2 Å². The Morgan fingerprint density at radius 3 is 2.76 bits per heavy atom. The van der Waals surface area contributed by atoms with Gasteiger partial charge < -0.3 is 25.4 Å². The SMILES string of the molecule is C#CCCC1(CC(=O)Nc2ncnc3c2ncn3[C@@H]2O[C@H](CO)[C@@H](O)[C@H]2O)N=N1. The summed E-state index contributed by atoms with van der Waals surface area (Å²) in [6.07, 6.45) is 4.37. The van der Waals surface area contributed by atoms with Crippen LogP contribution in [-0.2, 0) is 9.53 Å². The fourth-order valence-electron chi connectivity index (χ4n) is 3.28. The van der Waals surface area contributed by atoms with Crippen LogP contribution in [0.15, 0.2) is 22.9 Å². The molecule has 2 aromatic rings. The van der Waals surface area contributed by atoms with Gasteiger partial charge in [0.1, 0.15) is 24.6 Å². The van der Waals surface area contributed by atoms with E-state index in [0.717, 1.165) is 0 Å². The molecule has 2 aromatic heterocycles. The number of aliphatic hydroxyl groups excluding tert-OH is 3. The van der Waals surface area contributed by atoms with Crippen LogP contribution in [0.25, 0.3) is 11.2 Å². The number of nitrogens with one attached hydrogen (secondary N) is 1. The molecule has 4 N–H and O–H groups in total. The minimum absolute atomic E-state index is 0.0374. The molecule has 4 atom stereocenters. The molecule has 0 aromatic carbocycles. The van der Waals surface area contributed by atoms with E-state index in [1.807, 2.05) is 0 Å². The summed E-state index contributed by atoms with van der Waals surface area (Å²) >= 11 is 0. The number of amides is 1. The Morgan fingerprint density at radius 2 is 2.10 bits per heavy atom. The molecule has 0 unspecified atom stereocenters. The van der Waals surface area contributed by atoms with Gasteiger partial charge in [-0.3, -0.25) is 9.36 Å². The van der Waals surface area contributed by atoms with Gasteiger partial charge in [0, 0.05) is 12.8 Å². The molecular weight excluding hydrogens is 382 g/mol. The first kappa shape index (κ1) is 19.3. The van der Waals surface area contributed by atoms with E-state index < -0.39 is 36.8 Å². The van der Waals surface area contributed by atoms with Gasteiger partial charge in [0.25, 0.3) is 0 Å². The Morgan fingerprint density at radius 1 is 1.31 bits per heavy atom. The Labute approximate surface area is 164 Å². The predicted octanol–water partition coefficient (Wildman–Crippen LogP) is -0.658. The third-order valence-corrected chi connectivity index (χ3v) is 4.90. The highest BCUT2D eigenvalue weighted by molar-refractivity contribution is 5.97. The number of rotatable bonds is 7. The van der Waals surface area contributed by atoms with Crippen LogP contribution in [0.5, 0.6) is 0 Å². The predicted molar refractivity (Wildman–Crippen MR) is 97.2 cm³/mol. The van der Waals surface area contributed by atoms with E-state index in [1.54, 1.807) is 0 Å². The van der Waals surface area contributed by atoms with Crippen molar-refractivity contribution in [3.8, 4) is 12.3 Å². The maximum atomic E-state index is 12.4. The van der Waals surface area contributed by atoms with Crippen LogP contribution < -0.4 is 5.32 Å².